The van der Waals surface area contributed by atoms with Crippen LogP contribution in [-0.2, 0) is 9.59 Å². The third-order valence-corrected chi connectivity index (χ3v) is 5.86. The first-order valence-electron chi connectivity index (χ1n) is 12.2. The zero-order valence-corrected chi connectivity index (χ0v) is 18.7. The van der Waals surface area contributed by atoms with E-state index in [1.807, 2.05) is 6.08 Å². The molecular formula is C25H45NO2. The lowest BCUT2D eigenvalue weighted by Gasteiger charge is -2.14. The SMILES string of the molecule is CCCCCCCCCCC=CC1CC(=O)N(CCCCCCCCC)C1=O. The molecule has 0 radical (unpaired) electrons. The Hall–Kier alpha value is -1.12. The molecule has 0 N–H and O–H groups in total. The smallest absolute Gasteiger partial charge is 0.236 e. The van der Waals surface area contributed by atoms with Gasteiger partial charge in [0.05, 0.1) is 5.92 Å². The van der Waals surface area contributed by atoms with Gasteiger partial charge in [-0.3, -0.25) is 14.5 Å². The predicted octanol–water partition coefficient (Wildman–Crippen LogP) is 7.20. The minimum Gasteiger partial charge on any atom is -0.282 e. The summed E-state index contributed by atoms with van der Waals surface area (Å²) in [6, 6.07) is 0. The summed E-state index contributed by atoms with van der Waals surface area (Å²) in [5.74, 6) is -0.146. The number of carbonyl (C=O) groups excluding carboxylic acids is 2. The third-order valence-electron chi connectivity index (χ3n) is 5.86. The topological polar surface area (TPSA) is 37.4 Å². The van der Waals surface area contributed by atoms with Crippen LogP contribution in [0.2, 0.25) is 0 Å². The number of allylic oxidation sites excluding steroid dienone is 1. The number of hydrogen-bond acceptors (Lipinski definition) is 2. The summed E-state index contributed by atoms with van der Waals surface area (Å²) in [7, 11) is 0. The molecule has 1 saturated heterocycles. The van der Waals surface area contributed by atoms with Crippen LogP contribution in [0.5, 0.6) is 0 Å². The lowest BCUT2D eigenvalue weighted by molar-refractivity contribution is -0.139. The van der Waals surface area contributed by atoms with Crippen LogP contribution in [0.25, 0.3) is 0 Å². The van der Waals surface area contributed by atoms with Crippen LogP contribution >= 0.6 is 0 Å². The van der Waals surface area contributed by atoms with Crippen molar-refractivity contribution in [1.29, 1.82) is 0 Å². The molecule has 1 atom stereocenters. The maximum Gasteiger partial charge on any atom is 0.236 e. The lowest BCUT2D eigenvalue weighted by atomic mass is 10.0. The molecule has 3 nitrogen and oxygen atoms in total. The molecule has 162 valence electrons. The highest BCUT2D eigenvalue weighted by atomic mass is 16.2. The van der Waals surface area contributed by atoms with E-state index in [0.29, 0.717) is 13.0 Å². The van der Waals surface area contributed by atoms with Gasteiger partial charge in [0.25, 0.3) is 0 Å². The maximum absolute atomic E-state index is 12.5. The van der Waals surface area contributed by atoms with Crippen LogP contribution in [-0.4, -0.2) is 23.3 Å². The van der Waals surface area contributed by atoms with Gasteiger partial charge < -0.3 is 0 Å². The van der Waals surface area contributed by atoms with Crippen LogP contribution in [0.15, 0.2) is 12.2 Å². The van der Waals surface area contributed by atoms with E-state index in [-0.39, 0.29) is 17.7 Å². The molecular weight excluding hydrogens is 346 g/mol. The second-order valence-electron chi connectivity index (χ2n) is 8.51. The van der Waals surface area contributed by atoms with E-state index in [1.54, 1.807) is 0 Å². The molecule has 0 saturated carbocycles. The average Bonchev–Trinajstić information content (AvgIpc) is 2.96. The van der Waals surface area contributed by atoms with Gasteiger partial charge in [0, 0.05) is 13.0 Å². The van der Waals surface area contributed by atoms with Gasteiger partial charge in [0.2, 0.25) is 11.8 Å². The zero-order valence-electron chi connectivity index (χ0n) is 18.7. The number of hydrogen-bond donors (Lipinski definition) is 0. The molecule has 28 heavy (non-hydrogen) atoms. The van der Waals surface area contributed by atoms with E-state index in [2.05, 4.69) is 19.9 Å². The van der Waals surface area contributed by atoms with Gasteiger partial charge in [-0.15, -0.1) is 0 Å². The fraction of sp³-hybridized carbons (Fsp3) is 0.840. The minimum atomic E-state index is -0.203. The molecule has 1 rings (SSSR count). The van der Waals surface area contributed by atoms with Crippen molar-refractivity contribution in [2.45, 2.75) is 123 Å². The van der Waals surface area contributed by atoms with Gasteiger partial charge in [-0.05, 0) is 19.3 Å². The molecule has 3 heteroatoms. The predicted molar refractivity (Wildman–Crippen MR) is 119 cm³/mol. The second kappa shape index (κ2) is 16.8. The Kier molecular flexibility index (Phi) is 15.0. The fourth-order valence-corrected chi connectivity index (χ4v) is 3.98. The molecule has 1 fully saturated rings. The molecule has 0 aromatic rings. The molecule has 2 amide bonds. The van der Waals surface area contributed by atoms with Crippen LogP contribution in [0.1, 0.15) is 123 Å². The van der Waals surface area contributed by atoms with E-state index in [4.69, 9.17) is 0 Å². The van der Waals surface area contributed by atoms with Gasteiger partial charge in [0.1, 0.15) is 0 Å². The summed E-state index contributed by atoms with van der Waals surface area (Å²) in [5, 5.41) is 0. The Morgan fingerprint density at radius 2 is 1.25 bits per heavy atom. The van der Waals surface area contributed by atoms with Crippen molar-refractivity contribution in [3.63, 3.8) is 0 Å². The molecule has 0 aliphatic carbocycles. The average molecular weight is 392 g/mol. The summed E-state index contributed by atoms with van der Waals surface area (Å²) >= 11 is 0. The van der Waals surface area contributed by atoms with Crippen molar-refractivity contribution in [3.05, 3.63) is 12.2 Å². The van der Waals surface area contributed by atoms with Crippen LogP contribution < -0.4 is 0 Å². The van der Waals surface area contributed by atoms with E-state index in [1.165, 1.54) is 88.4 Å². The third kappa shape index (κ3) is 11.0. The standard InChI is InChI=1S/C25H45NO2/c1-3-5-7-9-11-12-13-14-16-18-20-23-22-24(27)26(25(23)28)21-19-17-15-10-8-6-4-2/h18,20,23H,3-17,19,21-22H2,1-2H3. The normalized spacial score (nSPS) is 17.4. The number of amides is 2. The number of carbonyl (C=O) groups is 2. The molecule has 0 aromatic heterocycles. The van der Waals surface area contributed by atoms with Crippen LogP contribution in [0, 0.1) is 5.92 Å². The first-order valence-corrected chi connectivity index (χ1v) is 12.2. The molecule has 1 aliphatic rings. The zero-order chi connectivity index (χ0) is 20.5. The van der Waals surface area contributed by atoms with E-state index >= 15 is 0 Å². The van der Waals surface area contributed by atoms with Crippen molar-refractivity contribution in [3.8, 4) is 0 Å². The van der Waals surface area contributed by atoms with Gasteiger partial charge in [0.15, 0.2) is 0 Å². The van der Waals surface area contributed by atoms with Gasteiger partial charge >= 0.3 is 0 Å². The van der Waals surface area contributed by atoms with Crippen molar-refractivity contribution in [2.24, 2.45) is 5.92 Å². The van der Waals surface area contributed by atoms with E-state index in [9.17, 15) is 9.59 Å². The minimum absolute atomic E-state index is 0.0257. The molecule has 1 unspecified atom stereocenters. The van der Waals surface area contributed by atoms with Crippen molar-refractivity contribution >= 4 is 11.8 Å². The van der Waals surface area contributed by atoms with Crippen LogP contribution in [0.4, 0.5) is 0 Å². The number of likely N-dealkylation sites (tertiary alicyclic amines) is 1. The lowest BCUT2D eigenvalue weighted by Crippen LogP contribution is -2.31. The largest absolute Gasteiger partial charge is 0.282 e. The molecule has 0 spiro atoms. The van der Waals surface area contributed by atoms with E-state index < -0.39 is 0 Å². The number of unbranched alkanes of at least 4 members (excludes halogenated alkanes) is 14. The monoisotopic (exact) mass is 391 g/mol. The van der Waals surface area contributed by atoms with Crippen molar-refractivity contribution < 1.29 is 9.59 Å². The first kappa shape index (κ1) is 24.9. The molecule has 1 aliphatic heterocycles. The summed E-state index contributed by atoms with van der Waals surface area (Å²) in [6.45, 7) is 5.10. The summed E-state index contributed by atoms with van der Waals surface area (Å²) in [4.78, 5) is 26.1. The quantitative estimate of drug-likeness (QED) is 0.141. The second-order valence-corrected chi connectivity index (χ2v) is 8.51. The number of imide groups is 1. The Morgan fingerprint density at radius 1 is 0.750 bits per heavy atom. The highest BCUT2D eigenvalue weighted by molar-refractivity contribution is 6.04. The summed E-state index contributed by atoms with van der Waals surface area (Å²) < 4.78 is 0. The number of nitrogens with zero attached hydrogens (tertiary/aromatic N) is 1. The molecule has 0 aromatic carbocycles. The highest BCUT2D eigenvalue weighted by Crippen LogP contribution is 2.22. The highest BCUT2D eigenvalue weighted by Gasteiger charge is 2.36. The Labute approximate surface area is 174 Å². The first-order chi connectivity index (χ1) is 13.7. The van der Waals surface area contributed by atoms with Crippen LogP contribution in [0.3, 0.4) is 0 Å². The van der Waals surface area contributed by atoms with Crippen molar-refractivity contribution in [2.75, 3.05) is 6.54 Å². The molecule has 1 heterocycles. The Bertz CT molecular complexity index is 444. The number of rotatable bonds is 18. The van der Waals surface area contributed by atoms with Gasteiger partial charge in [-0.2, -0.15) is 0 Å². The molecule has 0 bridgehead atoms. The van der Waals surface area contributed by atoms with Crippen molar-refractivity contribution in [1.82, 2.24) is 4.90 Å². The fourth-order valence-electron chi connectivity index (χ4n) is 3.98. The maximum atomic E-state index is 12.5. The van der Waals surface area contributed by atoms with Gasteiger partial charge in [-0.1, -0.05) is 109 Å². The summed E-state index contributed by atoms with van der Waals surface area (Å²) in [6.07, 6.45) is 24.6. The Balaban J connectivity index is 2.09. The van der Waals surface area contributed by atoms with E-state index in [0.717, 1.165) is 19.3 Å². The van der Waals surface area contributed by atoms with Gasteiger partial charge in [-0.25, -0.2) is 0 Å². The Morgan fingerprint density at radius 3 is 1.82 bits per heavy atom. The summed E-state index contributed by atoms with van der Waals surface area (Å²) in [5.41, 5.74) is 0.